The number of nitrogens with zero attached hydrogens (tertiary/aromatic N) is 2. The van der Waals surface area contributed by atoms with Gasteiger partial charge in [-0.05, 0) is 50.1 Å². The van der Waals surface area contributed by atoms with E-state index in [1.165, 1.54) is 11.8 Å². The molecule has 1 aliphatic rings. The van der Waals surface area contributed by atoms with Crippen LogP contribution in [0, 0.1) is 0 Å². The molecule has 2 heterocycles. The van der Waals surface area contributed by atoms with E-state index in [-0.39, 0.29) is 30.7 Å². The summed E-state index contributed by atoms with van der Waals surface area (Å²) in [6, 6.07) is 12.3. The van der Waals surface area contributed by atoms with Gasteiger partial charge in [-0.25, -0.2) is 4.98 Å². The minimum atomic E-state index is -0.365. The summed E-state index contributed by atoms with van der Waals surface area (Å²) in [6.45, 7) is 3.29. The number of nitrogens with one attached hydrogen (secondary N) is 1. The number of fused-ring (bicyclic) bond motifs is 1. The zero-order valence-corrected chi connectivity index (χ0v) is 18.7. The van der Waals surface area contributed by atoms with Crippen molar-refractivity contribution in [2.45, 2.75) is 26.7 Å². The molecular formula is C24H23N3O4S. The second kappa shape index (κ2) is 9.32. The molecular weight excluding hydrogens is 426 g/mol. The summed E-state index contributed by atoms with van der Waals surface area (Å²) in [4.78, 5) is 43.0. The zero-order chi connectivity index (χ0) is 22.7. The Hall–Kier alpha value is -3.52. The predicted molar refractivity (Wildman–Crippen MR) is 124 cm³/mol. The Morgan fingerprint density at radius 2 is 2.06 bits per heavy atom. The minimum absolute atomic E-state index is 0.0879. The summed E-state index contributed by atoms with van der Waals surface area (Å²) < 4.78 is 5.56. The topological polar surface area (TPSA) is 88.6 Å². The molecule has 2 aromatic carbocycles. The maximum atomic E-state index is 12.7. The fourth-order valence-electron chi connectivity index (χ4n) is 3.47. The number of ketones is 1. The van der Waals surface area contributed by atoms with Crippen molar-refractivity contribution in [1.82, 2.24) is 4.98 Å². The van der Waals surface area contributed by atoms with Gasteiger partial charge in [0.2, 0.25) is 5.91 Å². The summed E-state index contributed by atoms with van der Waals surface area (Å²) in [7, 11) is 0. The van der Waals surface area contributed by atoms with Crippen LogP contribution in [0.25, 0.3) is 11.3 Å². The fraction of sp³-hybridized carbons (Fsp3) is 0.250. The number of thiazole rings is 1. The van der Waals surface area contributed by atoms with Crippen LogP contribution >= 0.6 is 11.3 Å². The number of benzene rings is 2. The van der Waals surface area contributed by atoms with Gasteiger partial charge >= 0.3 is 0 Å². The number of aromatic nitrogens is 1. The number of Topliss-reactive ketones (excluding diaryl/α,β-unsaturated/α-hetero) is 1. The quantitative estimate of drug-likeness (QED) is 0.543. The Kier molecular flexibility index (Phi) is 6.32. The third kappa shape index (κ3) is 4.70. The maximum Gasteiger partial charge on any atom is 0.265 e. The average molecular weight is 450 g/mol. The number of anilines is 2. The van der Waals surface area contributed by atoms with Gasteiger partial charge in [0.05, 0.1) is 16.4 Å². The first-order chi connectivity index (χ1) is 15.4. The number of hydrogen-bond acceptors (Lipinski definition) is 6. The van der Waals surface area contributed by atoms with E-state index >= 15 is 0 Å². The van der Waals surface area contributed by atoms with E-state index in [0.717, 1.165) is 29.1 Å². The normalized spacial score (nSPS) is 12.8. The van der Waals surface area contributed by atoms with E-state index in [2.05, 4.69) is 17.2 Å². The molecule has 1 N–H and O–H groups in total. The van der Waals surface area contributed by atoms with Crippen molar-refractivity contribution in [2.24, 2.45) is 0 Å². The average Bonchev–Trinajstić information content (AvgIpc) is 3.24. The zero-order valence-electron chi connectivity index (χ0n) is 17.9. The van der Waals surface area contributed by atoms with E-state index in [1.54, 1.807) is 41.7 Å². The molecule has 1 aliphatic heterocycles. The van der Waals surface area contributed by atoms with Gasteiger partial charge in [-0.3, -0.25) is 19.3 Å². The predicted octanol–water partition coefficient (Wildman–Crippen LogP) is 4.33. The van der Waals surface area contributed by atoms with Gasteiger partial charge in [-0.1, -0.05) is 19.1 Å². The van der Waals surface area contributed by atoms with Crippen molar-refractivity contribution < 1.29 is 19.1 Å². The SMILES string of the molecule is CCCc1nc(-c2ccc3c(c2)N(CC(=O)Nc2cccc(C(C)=O)c2)C(=O)CO3)cs1. The molecule has 7 nitrogen and oxygen atoms in total. The summed E-state index contributed by atoms with van der Waals surface area (Å²) in [5, 5.41) is 5.83. The van der Waals surface area contributed by atoms with Gasteiger partial charge in [0.15, 0.2) is 12.4 Å². The number of amides is 2. The van der Waals surface area contributed by atoms with Crippen molar-refractivity contribution in [3.05, 3.63) is 58.4 Å². The molecule has 4 rings (SSSR count). The molecule has 2 amide bonds. The molecule has 1 aromatic heterocycles. The Morgan fingerprint density at radius 1 is 1.22 bits per heavy atom. The molecule has 0 atom stereocenters. The highest BCUT2D eigenvalue weighted by atomic mass is 32.1. The lowest BCUT2D eigenvalue weighted by molar-refractivity contribution is -0.123. The van der Waals surface area contributed by atoms with Crippen molar-refractivity contribution in [2.75, 3.05) is 23.4 Å². The highest BCUT2D eigenvalue weighted by Crippen LogP contribution is 2.36. The third-order valence-electron chi connectivity index (χ3n) is 5.07. The monoisotopic (exact) mass is 449 g/mol. The summed E-state index contributed by atoms with van der Waals surface area (Å²) in [6.07, 6.45) is 1.95. The number of aryl methyl sites for hydroxylation is 1. The van der Waals surface area contributed by atoms with Crippen LogP contribution in [0.15, 0.2) is 47.8 Å². The Bertz CT molecular complexity index is 1190. The molecule has 8 heteroatoms. The van der Waals surface area contributed by atoms with Gasteiger partial charge in [0, 0.05) is 22.2 Å². The van der Waals surface area contributed by atoms with Crippen molar-refractivity contribution in [3.8, 4) is 17.0 Å². The van der Waals surface area contributed by atoms with Gasteiger partial charge in [-0.15, -0.1) is 11.3 Å². The van der Waals surface area contributed by atoms with Crippen LogP contribution in [0.3, 0.4) is 0 Å². The molecule has 0 unspecified atom stereocenters. The third-order valence-corrected chi connectivity index (χ3v) is 5.98. The molecule has 3 aromatic rings. The van der Waals surface area contributed by atoms with E-state index < -0.39 is 0 Å². The van der Waals surface area contributed by atoms with Crippen LogP contribution in [0.2, 0.25) is 0 Å². The number of rotatable bonds is 7. The number of carbonyl (C=O) groups is 3. The molecule has 0 aliphatic carbocycles. The standard InChI is InChI=1S/C24H23N3O4S/c1-3-5-23-26-19(14-32-23)17-8-9-21-20(11-17)27(24(30)13-31-21)12-22(29)25-18-7-4-6-16(10-18)15(2)28/h4,6-11,14H,3,5,12-13H2,1-2H3,(H,25,29). The summed E-state index contributed by atoms with van der Waals surface area (Å²) >= 11 is 1.61. The van der Waals surface area contributed by atoms with Crippen molar-refractivity contribution in [3.63, 3.8) is 0 Å². The van der Waals surface area contributed by atoms with Gasteiger partial charge in [0.25, 0.3) is 5.91 Å². The molecule has 0 fully saturated rings. The van der Waals surface area contributed by atoms with E-state index in [4.69, 9.17) is 4.74 Å². The van der Waals surface area contributed by atoms with Gasteiger partial charge in [0.1, 0.15) is 12.3 Å². The Balaban J connectivity index is 1.56. The largest absolute Gasteiger partial charge is 0.482 e. The van der Waals surface area contributed by atoms with Crippen molar-refractivity contribution >= 4 is 40.3 Å². The lowest BCUT2D eigenvalue weighted by atomic mass is 10.1. The van der Waals surface area contributed by atoms with E-state index in [0.29, 0.717) is 22.7 Å². The van der Waals surface area contributed by atoms with E-state index in [1.807, 2.05) is 17.5 Å². The molecule has 32 heavy (non-hydrogen) atoms. The van der Waals surface area contributed by atoms with Gasteiger partial charge in [-0.2, -0.15) is 0 Å². The van der Waals surface area contributed by atoms with Crippen LogP contribution in [0.5, 0.6) is 5.75 Å². The summed E-state index contributed by atoms with van der Waals surface area (Å²) in [5.74, 6) is -0.206. The maximum absolute atomic E-state index is 12.7. The Labute approximate surface area is 190 Å². The van der Waals surface area contributed by atoms with Crippen LogP contribution in [-0.4, -0.2) is 35.7 Å². The van der Waals surface area contributed by atoms with Crippen molar-refractivity contribution in [1.29, 1.82) is 0 Å². The second-order valence-electron chi connectivity index (χ2n) is 7.51. The van der Waals surface area contributed by atoms with Crippen LogP contribution in [-0.2, 0) is 16.0 Å². The first-order valence-corrected chi connectivity index (χ1v) is 11.3. The first-order valence-electron chi connectivity index (χ1n) is 10.4. The number of ether oxygens (including phenoxy) is 1. The minimum Gasteiger partial charge on any atom is -0.482 e. The summed E-state index contributed by atoms with van der Waals surface area (Å²) in [5.41, 5.74) is 3.25. The van der Waals surface area contributed by atoms with Crippen LogP contribution in [0.1, 0.15) is 35.6 Å². The smallest absolute Gasteiger partial charge is 0.265 e. The lowest BCUT2D eigenvalue weighted by Crippen LogP contribution is -2.43. The number of hydrogen-bond donors (Lipinski definition) is 1. The molecule has 0 spiro atoms. The first kappa shape index (κ1) is 21.7. The molecule has 0 saturated heterocycles. The second-order valence-corrected chi connectivity index (χ2v) is 8.46. The molecule has 164 valence electrons. The van der Waals surface area contributed by atoms with Crippen LogP contribution in [0.4, 0.5) is 11.4 Å². The lowest BCUT2D eigenvalue weighted by Gasteiger charge is -2.29. The highest BCUT2D eigenvalue weighted by Gasteiger charge is 2.28. The fourth-order valence-corrected chi connectivity index (χ4v) is 4.38. The van der Waals surface area contributed by atoms with Gasteiger partial charge < -0.3 is 10.1 Å². The molecule has 0 bridgehead atoms. The Morgan fingerprint density at radius 3 is 2.84 bits per heavy atom. The molecule has 0 saturated carbocycles. The number of carbonyl (C=O) groups excluding carboxylic acids is 3. The van der Waals surface area contributed by atoms with Crippen LogP contribution < -0.4 is 15.0 Å². The highest BCUT2D eigenvalue weighted by molar-refractivity contribution is 7.09. The van der Waals surface area contributed by atoms with E-state index in [9.17, 15) is 14.4 Å². The molecule has 0 radical (unpaired) electrons.